The lowest BCUT2D eigenvalue weighted by Gasteiger charge is -2.10. The van der Waals surface area contributed by atoms with Gasteiger partial charge in [-0.25, -0.2) is 19.2 Å². The van der Waals surface area contributed by atoms with Gasteiger partial charge in [0.05, 0.1) is 23.6 Å². The van der Waals surface area contributed by atoms with Gasteiger partial charge in [0.2, 0.25) is 0 Å². The highest BCUT2D eigenvalue weighted by Gasteiger charge is 2.31. The molecule has 6 nitrogen and oxygen atoms in total. The van der Waals surface area contributed by atoms with E-state index >= 15 is 0 Å². The molecule has 2 aromatic rings. The highest BCUT2D eigenvalue weighted by molar-refractivity contribution is 6.19. The quantitative estimate of drug-likeness (QED) is 0.384. The Morgan fingerprint density at radius 3 is 2.48 bits per heavy atom. The number of alkyl halides is 3. The maximum absolute atomic E-state index is 13.6. The lowest BCUT2D eigenvalue weighted by Crippen LogP contribution is -2.18. The summed E-state index contributed by atoms with van der Waals surface area (Å²) >= 11 is 0. The number of nitrogens with two attached hydrogens (primary N) is 1. The van der Waals surface area contributed by atoms with Crippen molar-refractivity contribution in [3.63, 3.8) is 0 Å². The summed E-state index contributed by atoms with van der Waals surface area (Å²) in [5.41, 5.74) is 4.31. The van der Waals surface area contributed by atoms with Crippen LogP contribution < -0.4 is 5.73 Å². The van der Waals surface area contributed by atoms with Crippen molar-refractivity contribution in [3.8, 4) is 0 Å². The number of carboxylic acid groups (broad SMARTS) is 1. The number of aliphatic hydroxyl groups is 1. The molecule has 1 aromatic carbocycles. The molecule has 29 heavy (non-hydrogen) atoms. The number of pyridine rings is 1. The van der Waals surface area contributed by atoms with E-state index < -0.39 is 30.1 Å². The third-order valence-electron chi connectivity index (χ3n) is 3.85. The second-order valence-electron chi connectivity index (χ2n) is 6.11. The summed E-state index contributed by atoms with van der Waals surface area (Å²) in [6, 6.07) is 5.21. The molecule has 1 aromatic heterocycles. The van der Waals surface area contributed by atoms with Gasteiger partial charge in [0.15, 0.2) is 5.82 Å². The molecule has 0 unspecified atom stereocenters. The summed E-state index contributed by atoms with van der Waals surface area (Å²) in [5.74, 6) is -2.31. The molecular weight excluding hydrogens is 394 g/mol. The zero-order chi connectivity index (χ0) is 21.8. The monoisotopic (exact) mass is 411 g/mol. The van der Waals surface area contributed by atoms with E-state index in [9.17, 15) is 27.5 Å². The molecule has 0 radical (unpaired) electrons. The molecule has 0 spiro atoms. The number of aliphatic imine (C=N–C) groups is 1. The van der Waals surface area contributed by atoms with Crippen molar-refractivity contribution >= 4 is 17.5 Å². The Bertz CT molecular complexity index is 985. The fourth-order valence-electron chi connectivity index (χ4n) is 2.61. The van der Waals surface area contributed by atoms with Gasteiger partial charge >= 0.3 is 12.1 Å². The third kappa shape index (κ3) is 5.85. The number of carboxylic acids is 1. The predicted molar refractivity (Wildman–Crippen MR) is 97.1 cm³/mol. The van der Waals surface area contributed by atoms with Crippen LogP contribution in [-0.2, 0) is 17.4 Å². The zero-order valence-corrected chi connectivity index (χ0v) is 15.2. The van der Waals surface area contributed by atoms with E-state index in [2.05, 4.69) is 9.98 Å². The van der Waals surface area contributed by atoms with E-state index in [1.54, 1.807) is 0 Å². The number of aliphatic carboxylic acids is 1. The molecule has 0 aliphatic rings. The number of nitrogens with zero attached hydrogens (tertiary/aromatic N) is 2. The van der Waals surface area contributed by atoms with E-state index in [4.69, 9.17) is 10.8 Å². The first-order valence-electron chi connectivity index (χ1n) is 8.21. The molecule has 0 aliphatic heterocycles. The SMILES string of the molecule is CC(=Nc1cc(Cc2cc(F)cc(C(F)(F)F)c2)ccn1)/C(C(=O)O)=C(\N)CO. The average Bonchev–Trinajstić information content (AvgIpc) is 2.60. The Morgan fingerprint density at radius 1 is 1.21 bits per heavy atom. The molecule has 4 N–H and O–H groups in total. The first kappa shape index (κ1) is 22.0. The minimum absolute atomic E-state index is 0.0150. The number of aliphatic hydroxyl groups excluding tert-OH is 1. The van der Waals surface area contributed by atoms with Crippen molar-refractivity contribution in [2.45, 2.75) is 19.5 Å². The second-order valence-corrected chi connectivity index (χ2v) is 6.11. The number of carbonyl (C=O) groups is 1. The molecule has 1 heterocycles. The number of benzene rings is 1. The third-order valence-corrected chi connectivity index (χ3v) is 3.85. The standard InChI is InChI=1S/C19H17F4N3O3/c1-10(17(18(28)29)15(24)9-27)26-16-7-11(2-3-25-16)4-12-5-13(19(21,22)23)8-14(20)6-12/h2-3,5-8,27H,4,9,24H2,1H3,(H,28,29)/b17-15+,26-10?. The first-order valence-corrected chi connectivity index (χ1v) is 8.21. The molecule has 0 atom stereocenters. The number of hydrogen-bond donors (Lipinski definition) is 3. The van der Waals surface area contributed by atoms with Crippen molar-refractivity contribution in [1.82, 2.24) is 4.98 Å². The summed E-state index contributed by atoms with van der Waals surface area (Å²) in [6.07, 6.45) is -3.36. The van der Waals surface area contributed by atoms with Crippen LogP contribution in [0.25, 0.3) is 0 Å². The summed E-state index contributed by atoms with van der Waals surface area (Å²) in [5, 5.41) is 18.3. The van der Waals surface area contributed by atoms with E-state index in [1.165, 1.54) is 25.3 Å². The summed E-state index contributed by atoms with van der Waals surface area (Å²) in [7, 11) is 0. The van der Waals surface area contributed by atoms with Gasteiger partial charge in [-0.05, 0) is 54.8 Å². The largest absolute Gasteiger partial charge is 0.478 e. The highest BCUT2D eigenvalue weighted by atomic mass is 19.4. The van der Waals surface area contributed by atoms with Gasteiger partial charge < -0.3 is 15.9 Å². The molecule has 2 rings (SSSR count). The molecule has 10 heteroatoms. The number of rotatable bonds is 6. The van der Waals surface area contributed by atoms with Crippen LogP contribution in [0.4, 0.5) is 23.4 Å². The van der Waals surface area contributed by atoms with Crippen LogP contribution in [0.1, 0.15) is 23.6 Å². The van der Waals surface area contributed by atoms with Crippen LogP contribution in [0, 0.1) is 5.82 Å². The van der Waals surface area contributed by atoms with Crippen molar-refractivity contribution in [2.75, 3.05) is 6.61 Å². The lowest BCUT2D eigenvalue weighted by atomic mass is 10.0. The van der Waals surface area contributed by atoms with Crippen LogP contribution in [0.3, 0.4) is 0 Å². The molecule has 0 bridgehead atoms. The van der Waals surface area contributed by atoms with Gasteiger partial charge in [-0.3, -0.25) is 0 Å². The highest BCUT2D eigenvalue weighted by Crippen LogP contribution is 2.31. The van der Waals surface area contributed by atoms with Crippen molar-refractivity contribution < 1.29 is 32.6 Å². The summed E-state index contributed by atoms with van der Waals surface area (Å²) < 4.78 is 52.1. The first-order chi connectivity index (χ1) is 13.5. The zero-order valence-electron chi connectivity index (χ0n) is 15.2. The molecule has 154 valence electrons. The maximum Gasteiger partial charge on any atom is 0.416 e. The molecule has 0 fully saturated rings. The van der Waals surface area contributed by atoms with E-state index in [1.807, 2.05) is 0 Å². The van der Waals surface area contributed by atoms with Gasteiger partial charge in [0, 0.05) is 6.20 Å². The van der Waals surface area contributed by atoms with Crippen molar-refractivity contribution in [1.29, 1.82) is 0 Å². The molecule has 0 saturated heterocycles. The van der Waals surface area contributed by atoms with Crippen LogP contribution in [0.15, 0.2) is 52.8 Å². The Morgan fingerprint density at radius 2 is 1.90 bits per heavy atom. The Kier molecular flexibility index (Phi) is 6.70. The van der Waals surface area contributed by atoms with Crippen molar-refractivity contribution in [2.24, 2.45) is 10.7 Å². The Labute approximate surface area is 163 Å². The number of hydrogen-bond acceptors (Lipinski definition) is 5. The average molecular weight is 411 g/mol. The number of aromatic nitrogens is 1. The number of halogens is 4. The Hall–Kier alpha value is -3.27. The molecule has 0 amide bonds. The van der Waals surface area contributed by atoms with Crippen LogP contribution in [0.5, 0.6) is 0 Å². The van der Waals surface area contributed by atoms with Crippen LogP contribution >= 0.6 is 0 Å². The Balaban J connectivity index is 2.36. The fraction of sp³-hybridized carbons (Fsp3) is 0.211. The smallest absolute Gasteiger partial charge is 0.416 e. The van der Waals surface area contributed by atoms with Crippen LogP contribution in [0.2, 0.25) is 0 Å². The van der Waals surface area contributed by atoms with E-state index in [0.717, 1.165) is 12.1 Å². The molecule has 0 saturated carbocycles. The lowest BCUT2D eigenvalue weighted by molar-refractivity contribution is -0.138. The van der Waals surface area contributed by atoms with E-state index in [0.29, 0.717) is 11.6 Å². The topological polar surface area (TPSA) is 109 Å². The minimum Gasteiger partial charge on any atom is -0.478 e. The fourth-order valence-corrected chi connectivity index (χ4v) is 2.61. The van der Waals surface area contributed by atoms with Gasteiger partial charge in [0.1, 0.15) is 11.4 Å². The van der Waals surface area contributed by atoms with Gasteiger partial charge in [-0.2, -0.15) is 13.2 Å². The minimum atomic E-state index is -4.67. The van der Waals surface area contributed by atoms with Crippen molar-refractivity contribution in [3.05, 3.63) is 70.3 Å². The predicted octanol–water partition coefficient (Wildman–Crippen LogP) is 3.21. The maximum atomic E-state index is 13.6. The van der Waals surface area contributed by atoms with Gasteiger partial charge in [-0.1, -0.05) is 0 Å². The van der Waals surface area contributed by atoms with Crippen LogP contribution in [-0.4, -0.2) is 33.5 Å². The normalized spacial score (nSPS) is 13.2. The summed E-state index contributed by atoms with van der Waals surface area (Å²) in [6.45, 7) is 0.686. The van der Waals surface area contributed by atoms with Gasteiger partial charge in [-0.15, -0.1) is 0 Å². The second kappa shape index (κ2) is 8.82. The van der Waals surface area contributed by atoms with Gasteiger partial charge in [0.25, 0.3) is 0 Å². The molecule has 0 aliphatic carbocycles. The summed E-state index contributed by atoms with van der Waals surface area (Å²) in [4.78, 5) is 19.3. The van der Waals surface area contributed by atoms with E-state index in [-0.39, 0.29) is 34.8 Å². The molecular formula is C19H17F4N3O3.